The molecule has 0 aromatic heterocycles. The number of halogens is 2. The second kappa shape index (κ2) is 10.2. The lowest BCUT2D eigenvalue weighted by atomic mass is 9.82. The highest BCUT2D eigenvalue weighted by Crippen LogP contribution is 2.56. The zero-order chi connectivity index (χ0) is 29.8. The largest absolute Gasteiger partial charge is 0.464 e. The summed E-state index contributed by atoms with van der Waals surface area (Å²) in [6, 6.07) is -0.356. The Morgan fingerprint density at radius 1 is 0.974 bits per heavy atom. The molecule has 0 aromatic carbocycles. The lowest BCUT2D eigenvalue weighted by molar-refractivity contribution is -0.208. The van der Waals surface area contributed by atoms with Gasteiger partial charge >= 0.3 is 18.3 Å². The van der Waals surface area contributed by atoms with Gasteiger partial charge in [0.05, 0.1) is 19.3 Å². The quantitative estimate of drug-likeness (QED) is 0.241. The molecule has 2 aliphatic heterocycles. The monoisotopic (exact) mass is 565 g/mol. The molecule has 12 nitrogen and oxygen atoms in total. The predicted octanol–water partition coefficient (Wildman–Crippen LogP) is 4.88. The van der Waals surface area contributed by atoms with Crippen molar-refractivity contribution in [3.8, 4) is 0 Å². The molecule has 0 saturated carbocycles. The van der Waals surface area contributed by atoms with Gasteiger partial charge in [-0.15, -0.1) is 5.01 Å². The highest BCUT2D eigenvalue weighted by Gasteiger charge is 2.66. The zero-order valence-electron chi connectivity index (χ0n) is 23.7. The molecule has 14 heteroatoms. The van der Waals surface area contributed by atoms with Gasteiger partial charge in [-0.25, -0.2) is 23.7 Å². The number of nitrogens with zero attached hydrogens (tertiary/aromatic N) is 5. The summed E-state index contributed by atoms with van der Waals surface area (Å²) in [4.78, 5) is 41.4. The van der Waals surface area contributed by atoms with Crippen LogP contribution in [0.4, 0.5) is 18.8 Å². The molecule has 0 bridgehead atoms. The van der Waals surface area contributed by atoms with Crippen LogP contribution < -0.4 is 0 Å². The second-order valence-corrected chi connectivity index (χ2v) is 13.1. The van der Waals surface area contributed by atoms with Gasteiger partial charge in [-0.05, 0) is 48.5 Å². The summed E-state index contributed by atoms with van der Waals surface area (Å²) in [7, 11) is 0. The molecule has 2 heterocycles. The fourth-order valence-electron chi connectivity index (χ4n) is 5.11. The minimum absolute atomic E-state index is 0.0285. The Labute approximate surface area is 228 Å². The van der Waals surface area contributed by atoms with Crippen LogP contribution in [-0.2, 0) is 4.74 Å². The molecule has 3 N–H and O–H groups in total. The lowest BCUT2D eigenvalue weighted by Gasteiger charge is -2.67. The summed E-state index contributed by atoms with van der Waals surface area (Å²) < 4.78 is 22.7. The van der Waals surface area contributed by atoms with Crippen molar-refractivity contribution in [3.05, 3.63) is 11.6 Å². The van der Waals surface area contributed by atoms with Crippen LogP contribution in [0, 0.1) is 5.41 Å². The van der Waals surface area contributed by atoms with E-state index < -0.39 is 56.9 Å². The third-order valence-electron chi connectivity index (χ3n) is 6.51. The van der Waals surface area contributed by atoms with E-state index in [0.29, 0.717) is 0 Å². The van der Waals surface area contributed by atoms with E-state index in [-0.39, 0.29) is 36.6 Å². The van der Waals surface area contributed by atoms with E-state index in [9.17, 15) is 29.7 Å². The Balaban J connectivity index is 3.19. The van der Waals surface area contributed by atoms with Crippen molar-refractivity contribution in [2.24, 2.45) is 5.41 Å². The molecule has 2 rings (SSSR count). The number of imide groups is 1. The molecule has 2 aliphatic rings. The van der Waals surface area contributed by atoms with Gasteiger partial charge in [0.15, 0.2) is 17.1 Å². The molecule has 3 amide bonds. The number of amides is 3. The van der Waals surface area contributed by atoms with Crippen molar-refractivity contribution >= 4 is 29.9 Å². The molecular weight excluding hydrogens is 525 g/mol. The van der Waals surface area contributed by atoms with E-state index in [2.05, 4.69) is 0 Å². The summed E-state index contributed by atoms with van der Waals surface area (Å²) in [6.07, 6.45) is -8.27. The maximum absolute atomic E-state index is 17.2. The third-order valence-corrected chi connectivity index (χ3v) is 7.42. The summed E-state index contributed by atoms with van der Waals surface area (Å²) in [5.74, 6) is -1.11. The van der Waals surface area contributed by atoms with Crippen LogP contribution in [0.5, 0.6) is 0 Å². The van der Waals surface area contributed by atoms with E-state index in [0.717, 1.165) is 0 Å². The molecule has 0 aromatic rings. The van der Waals surface area contributed by atoms with Gasteiger partial charge in [-0.2, -0.15) is 5.01 Å². The lowest BCUT2D eigenvalue weighted by Crippen LogP contribution is -2.80. The molecule has 0 aliphatic carbocycles. The average Bonchev–Trinajstić information content (AvgIpc) is 2.70. The topological polar surface area (TPSA) is 137 Å². The number of carbonyl (C=O) groups is 3. The smallest absolute Gasteiger partial charge is 0.436 e. The van der Waals surface area contributed by atoms with Crippen molar-refractivity contribution in [2.75, 3.05) is 19.8 Å². The van der Waals surface area contributed by atoms with Crippen molar-refractivity contribution < 1.29 is 38.8 Å². The Morgan fingerprint density at radius 2 is 1.47 bits per heavy atom. The number of rotatable bonds is 2. The number of hydrogen-bond acceptors (Lipinski definition) is 7. The highest BCUT2D eigenvalue weighted by molar-refractivity contribution is 6.24. The zero-order valence-corrected chi connectivity index (χ0v) is 24.5. The van der Waals surface area contributed by atoms with Gasteiger partial charge in [-0.1, -0.05) is 32.4 Å². The van der Waals surface area contributed by atoms with Crippen LogP contribution in [0.3, 0.4) is 0 Å². The van der Waals surface area contributed by atoms with Gasteiger partial charge < -0.3 is 29.9 Å². The molecule has 1 fully saturated rings. The van der Waals surface area contributed by atoms with Crippen LogP contribution in [0.15, 0.2) is 11.6 Å². The summed E-state index contributed by atoms with van der Waals surface area (Å²) in [5, 5.41) is 27.5. The fourth-order valence-corrected chi connectivity index (χ4v) is 5.79. The normalized spacial score (nSPS) is 25.9. The molecule has 0 radical (unpaired) electrons. The number of morpholine rings is 1. The van der Waals surface area contributed by atoms with Gasteiger partial charge in [0.25, 0.3) is 0 Å². The Morgan fingerprint density at radius 3 is 1.82 bits per heavy atom. The highest BCUT2D eigenvalue weighted by atomic mass is 35.5. The molecule has 1 saturated heterocycles. The number of ether oxygens (including phenoxy) is 1. The van der Waals surface area contributed by atoms with Gasteiger partial charge in [0, 0.05) is 23.0 Å². The van der Waals surface area contributed by atoms with Crippen molar-refractivity contribution in [1.29, 1.82) is 0 Å². The Bertz CT molecular complexity index is 976. The van der Waals surface area contributed by atoms with E-state index >= 15 is 4.39 Å². The molecule has 218 valence electrons. The number of carboxylic acid groups (broad SMARTS) is 3. The van der Waals surface area contributed by atoms with Crippen LogP contribution in [0.25, 0.3) is 0 Å². The minimum Gasteiger partial charge on any atom is -0.464 e. The first-order valence-corrected chi connectivity index (χ1v) is 12.7. The summed E-state index contributed by atoms with van der Waals surface area (Å²) in [6.45, 7) is 18.5. The maximum Gasteiger partial charge on any atom is 0.436 e. The van der Waals surface area contributed by atoms with Crippen molar-refractivity contribution in [3.63, 3.8) is 0 Å². The summed E-state index contributed by atoms with van der Waals surface area (Å²) >= 11 is 7.65. The van der Waals surface area contributed by atoms with Crippen LogP contribution in [-0.4, -0.2) is 106 Å². The van der Waals surface area contributed by atoms with E-state index in [1.807, 2.05) is 27.7 Å². The third kappa shape index (κ3) is 5.32. The van der Waals surface area contributed by atoms with Crippen LogP contribution in [0.2, 0.25) is 0 Å². The molecule has 2 unspecified atom stereocenters. The molecule has 38 heavy (non-hydrogen) atoms. The average molecular weight is 566 g/mol. The summed E-state index contributed by atoms with van der Waals surface area (Å²) in [5.41, 5.74) is -2.89. The second-order valence-electron chi connectivity index (χ2n) is 12.6. The fraction of sp³-hybridized carbons (Fsp3) is 0.792. The first-order chi connectivity index (χ1) is 17.0. The van der Waals surface area contributed by atoms with Crippen molar-refractivity contribution in [1.82, 2.24) is 24.7 Å². The molecular formula is C24H41ClFN5O7. The Hall–Kier alpha value is -2.51. The number of hydrogen-bond donors (Lipinski definition) is 3. The predicted molar refractivity (Wildman–Crippen MR) is 138 cm³/mol. The maximum atomic E-state index is 17.2. The Kier molecular flexibility index (Phi) is 8.54. The van der Waals surface area contributed by atoms with E-state index in [1.54, 1.807) is 51.3 Å². The van der Waals surface area contributed by atoms with Gasteiger partial charge in [0.2, 0.25) is 0 Å². The van der Waals surface area contributed by atoms with E-state index in [4.69, 9.17) is 16.3 Å². The molecule has 0 spiro atoms. The first-order valence-electron chi connectivity index (χ1n) is 12.3. The SMILES string of the molecule is C[C@H]1COCCN1C1=C(F)C(N(C(=O)O)N(C(=O)O)C(=O)O)N(C(C)(C)C)C(Cl)(C(C)(C)C)N1C(C)(C)C. The standard InChI is InChI=1S/C24H41ClFN5O7/c1-14-13-38-12-11-27(14)16-15(26)17(28(18(32)33)29(19(34)35)20(36)37)31(23(8,9)10)24(25,21(2,3)4)30(16)22(5,6)7/h14,17H,11-13H2,1-10H3,(H,32,33)(H,34,35)(H,36,37)/t14-,17?,24?/m0/s1. The van der Waals surface area contributed by atoms with E-state index in [1.165, 1.54) is 4.90 Å². The minimum atomic E-state index is -2.11. The molecule has 3 atom stereocenters. The number of hydrazine groups is 1. The first kappa shape index (κ1) is 31.7. The van der Waals surface area contributed by atoms with Gasteiger partial charge in [-0.3, -0.25) is 0 Å². The number of alkyl halides is 1. The van der Waals surface area contributed by atoms with Gasteiger partial charge in [0.1, 0.15) is 5.82 Å². The van der Waals surface area contributed by atoms with Crippen LogP contribution >= 0.6 is 11.6 Å². The van der Waals surface area contributed by atoms with Crippen LogP contribution in [0.1, 0.15) is 69.2 Å². The van der Waals surface area contributed by atoms with Crippen molar-refractivity contribution in [2.45, 2.75) is 97.6 Å².